The van der Waals surface area contributed by atoms with Crippen LogP contribution in [0, 0.1) is 6.92 Å². The third-order valence-electron chi connectivity index (χ3n) is 4.49. The van der Waals surface area contributed by atoms with Gasteiger partial charge in [0.15, 0.2) is 0 Å². The van der Waals surface area contributed by atoms with Crippen molar-refractivity contribution in [3.8, 4) is 11.4 Å². The number of anilines is 2. The van der Waals surface area contributed by atoms with Gasteiger partial charge in [-0.25, -0.2) is 4.98 Å². The van der Waals surface area contributed by atoms with E-state index in [1.54, 1.807) is 38.3 Å². The van der Waals surface area contributed by atoms with Crippen molar-refractivity contribution in [3.05, 3.63) is 87.9 Å². The predicted molar refractivity (Wildman–Crippen MR) is 113 cm³/mol. The Morgan fingerprint density at radius 2 is 1.79 bits per heavy atom. The average Bonchev–Trinajstić information content (AvgIpc) is 2.70. The third kappa shape index (κ3) is 3.32. The van der Waals surface area contributed by atoms with Gasteiger partial charge < -0.3 is 10.1 Å². The van der Waals surface area contributed by atoms with Crippen LogP contribution in [0.25, 0.3) is 16.6 Å². The Kier molecular flexibility index (Phi) is 4.75. The molecule has 0 saturated carbocycles. The summed E-state index contributed by atoms with van der Waals surface area (Å²) in [6.45, 7) is 1.79. The molecule has 1 N–H and O–H groups in total. The second kappa shape index (κ2) is 7.37. The Labute approximate surface area is 167 Å². The molecule has 1 aromatic heterocycles. The highest BCUT2D eigenvalue weighted by Gasteiger charge is 2.14. The number of hydrogen-bond acceptors (Lipinski definition) is 4. The summed E-state index contributed by atoms with van der Waals surface area (Å²) in [5, 5.41) is 4.30. The molecule has 1 heterocycles. The van der Waals surface area contributed by atoms with E-state index in [9.17, 15) is 4.79 Å². The summed E-state index contributed by atoms with van der Waals surface area (Å²) in [7, 11) is 1.58. The summed E-state index contributed by atoms with van der Waals surface area (Å²) in [5.74, 6) is 1.20. The molecular weight excluding hydrogens is 374 g/mol. The maximum Gasteiger partial charge on any atom is 0.266 e. The molecule has 0 bridgehead atoms. The summed E-state index contributed by atoms with van der Waals surface area (Å²) in [6, 6.07) is 20.5. The molecule has 3 aromatic carbocycles. The van der Waals surface area contributed by atoms with Gasteiger partial charge in [-0.2, -0.15) is 0 Å². The molecule has 0 aliphatic heterocycles. The SMILES string of the molecule is COc1ccc2c(=O)n(-c3cc(Nc4ccccc4)ccc3Cl)c(C)nc2c1. The normalized spacial score (nSPS) is 10.8. The standard InChI is InChI=1S/C22H18ClN3O2/c1-14-24-20-13-17(28-2)9-10-18(20)22(27)26(14)21-12-16(8-11-19(21)23)25-15-6-4-3-5-7-15/h3-13,25H,1-2H3. The average molecular weight is 392 g/mol. The smallest absolute Gasteiger partial charge is 0.266 e. The van der Waals surface area contributed by atoms with E-state index in [1.807, 2.05) is 42.5 Å². The summed E-state index contributed by atoms with van der Waals surface area (Å²) in [6.07, 6.45) is 0. The van der Waals surface area contributed by atoms with Crippen LogP contribution in [0.4, 0.5) is 11.4 Å². The molecule has 0 saturated heterocycles. The second-order valence-corrected chi connectivity index (χ2v) is 6.75. The van der Waals surface area contributed by atoms with E-state index in [0.29, 0.717) is 33.2 Å². The molecule has 28 heavy (non-hydrogen) atoms. The maximum atomic E-state index is 13.2. The number of ether oxygens (including phenoxy) is 1. The summed E-state index contributed by atoms with van der Waals surface area (Å²) in [4.78, 5) is 17.8. The molecule has 0 spiro atoms. The number of aryl methyl sites for hydroxylation is 1. The van der Waals surface area contributed by atoms with Crippen molar-refractivity contribution in [2.75, 3.05) is 12.4 Å². The molecule has 0 amide bonds. The fraction of sp³-hybridized carbons (Fsp3) is 0.0909. The van der Waals surface area contributed by atoms with Gasteiger partial charge in [-0.1, -0.05) is 29.8 Å². The van der Waals surface area contributed by atoms with Crippen molar-refractivity contribution in [1.29, 1.82) is 0 Å². The molecule has 4 aromatic rings. The lowest BCUT2D eigenvalue weighted by Crippen LogP contribution is -2.22. The van der Waals surface area contributed by atoms with E-state index >= 15 is 0 Å². The van der Waals surface area contributed by atoms with E-state index in [1.165, 1.54) is 4.57 Å². The number of aromatic nitrogens is 2. The van der Waals surface area contributed by atoms with Crippen LogP contribution in [0.2, 0.25) is 5.02 Å². The number of methoxy groups -OCH3 is 1. The fourth-order valence-corrected chi connectivity index (χ4v) is 3.34. The predicted octanol–water partition coefficient (Wildman–Crippen LogP) is 5.10. The lowest BCUT2D eigenvalue weighted by atomic mass is 10.2. The molecule has 5 nitrogen and oxygen atoms in total. The molecule has 140 valence electrons. The first-order valence-electron chi connectivity index (χ1n) is 8.76. The minimum Gasteiger partial charge on any atom is -0.497 e. The Balaban J connectivity index is 1.85. The Hall–Kier alpha value is -3.31. The zero-order valence-corrected chi connectivity index (χ0v) is 16.2. The molecule has 0 aliphatic carbocycles. The zero-order valence-electron chi connectivity index (χ0n) is 15.4. The van der Waals surface area contributed by atoms with Crippen molar-refractivity contribution in [2.45, 2.75) is 6.92 Å². The monoisotopic (exact) mass is 391 g/mol. The van der Waals surface area contributed by atoms with Crippen molar-refractivity contribution in [3.63, 3.8) is 0 Å². The molecule has 0 radical (unpaired) electrons. The summed E-state index contributed by atoms with van der Waals surface area (Å²) in [5.41, 5.74) is 2.77. The van der Waals surface area contributed by atoms with Crippen LogP contribution in [0.1, 0.15) is 5.82 Å². The zero-order chi connectivity index (χ0) is 19.7. The number of hydrogen-bond donors (Lipinski definition) is 1. The molecule has 6 heteroatoms. The Morgan fingerprint density at radius 3 is 2.54 bits per heavy atom. The van der Waals surface area contributed by atoms with E-state index in [0.717, 1.165) is 11.4 Å². The third-order valence-corrected chi connectivity index (χ3v) is 4.81. The van der Waals surface area contributed by atoms with Crippen molar-refractivity contribution < 1.29 is 4.74 Å². The van der Waals surface area contributed by atoms with Gasteiger partial charge in [0, 0.05) is 17.4 Å². The number of nitrogens with one attached hydrogen (secondary N) is 1. The molecule has 0 aliphatic rings. The highest BCUT2D eigenvalue weighted by molar-refractivity contribution is 6.32. The van der Waals surface area contributed by atoms with Crippen LogP contribution in [-0.4, -0.2) is 16.7 Å². The number of nitrogens with zero attached hydrogens (tertiary/aromatic N) is 2. The van der Waals surface area contributed by atoms with Gasteiger partial charge in [-0.05, 0) is 49.4 Å². The minimum absolute atomic E-state index is 0.177. The van der Waals surface area contributed by atoms with E-state index in [2.05, 4.69) is 10.3 Å². The summed E-state index contributed by atoms with van der Waals surface area (Å²) >= 11 is 6.44. The van der Waals surface area contributed by atoms with Gasteiger partial charge >= 0.3 is 0 Å². The van der Waals surface area contributed by atoms with Crippen molar-refractivity contribution in [2.24, 2.45) is 0 Å². The summed E-state index contributed by atoms with van der Waals surface area (Å²) < 4.78 is 6.77. The van der Waals surface area contributed by atoms with Crippen LogP contribution < -0.4 is 15.6 Å². The van der Waals surface area contributed by atoms with Gasteiger partial charge in [-0.3, -0.25) is 9.36 Å². The molecule has 0 atom stereocenters. The quantitative estimate of drug-likeness (QED) is 0.525. The topological polar surface area (TPSA) is 56.1 Å². The van der Waals surface area contributed by atoms with Gasteiger partial charge in [0.2, 0.25) is 0 Å². The minimum atomic E-state index is -0.177. The number of halogens is 1. The van der Waals surface area contributed by atoms with Gasteiger partial charge in [0.05, 0.1) is 28.7 Å². The van der Waals surface area contributed by atoms with Crippen LogP contribution >= 0.6 is 11.6 Å². The van der Waals surface area contributed by atoms with Gasteiger partial charge in [0.1, 0.15) is 11.6 Å². The molecule has 0 unspecified atom stereocenters. The first-order valence-corrected chi connectivity index (χ1v) is 9.14. The van der Waals surface area contributed by atoms with E-state index < -0.39 is 0 Å². The lowest BCUT2D eigenvalue weighted by molar-refractivity contribution is 0.415. The molecule has 0 fully saturated rings. The van der Waals surface area contributed by atoms with E-state index in [-0.39, 0.29) is 5.56 Å². The van der Waals surface area contributed by atoms with Gasteiger partial charge in [-0.15, -0.1) is 0 Å². The molecular formula is C22H18ClN3O2. The van der Waals surface area contributed by atoms with Crippen molar-refractivity contribution in [1.82, 2.24) is 9.55 Å². The fourth-order valence-electron chi connectivity index (χ4n) is 3.14. The maximum absolute atomic E-state index is 13.2. The van der Waals surface area contributed by atoms with Crippen LogP contribution in [0.15, 0.2) is 71.5 Å². The van der Waals surface area contributed by atoms with Crippen LogP contribution in [0.5, 0.6) is 5.75 Å². The first kappa shape index (κ1) is 18.1. The highest BCUT2D eigenvalue weighted by atomic mass is 35.5. The van der Waals surface area contributed by atoms with Crippen LogP contribution in [-0.2, 0) is 0 Å². The number of benzene rings is 3. The van der Waals surface area contributed by atoms with Gasteiger partial charge in [0.25, 0.3) is 5.56 Å². The largest absolute Gasteiger partial charge is 0.497 e. The second-order valence-electron chi connectivity index (χ2n) is 6.34. The Morgan fingerprint density at radius 1 is 1.00 bits per heavy atom. The van der Waals surface area contributed by atoms with Crippen molar-refractivity contribution >= 4 is 33.9 Å². The number of para-hydroxylation sites is 1. The Bertz CT molecular complexity index is 1220. The number of rotatable bonds is 4. The van der Waals surface area contributed by atoms with E-state index in [4.69, 9.17) is 16.3 Å². The van der Waals surface area contributed by atoms with Crippen LogP contribution in [0.3, 0.4) is 0 Å². The lowest BCUT2D eigenvalue weighted by Gasteiger charge is -2.15. The number of fused-ring (bicyclic) bond motifs is 1. The highest BCUT2D eigenvalue weighted by Crippen LogP contribution is 2.27. The molecule has 4 rings (SSSR count). The first-order chi connectivity index (χ1) is 13.6.